The largest absolute Gasteiger partial charge is 0.416 e. The molecule has 0 fully saturated rings. The molecule has 1 aromatic carbocycles. The van der Waals surface area contributed by atoms with E-state index in [9.17, 15) is 13.2 Å². The van der Waals surface area contributed by atoms with E-state index in [1.54, 1.807) is 6.07 Å². The second-order valence-electron chi connectivity index (χ2n) is 5.34. The number of alkyl halides is 3. The highest BCUT2D eigenvalue weighted by Crippen LogP contribution is 2.32. The first-order chi connectivity index (χ1) is 10.4. The number of benzene rings is 1. The lowest BCUT2D eigenvalue weighted by Crippen LogP contribution is -2.10. The number of rotatable bonds is 2. The van der Waals surface area contributed by atoms with E-state index in [-0.39, 0.29) is 0 Å². The minimum atomic E-state index is -4.34. The minimum absolute atomic E-state index is 0.302. The van der Waals surface area contributed by atoms with Gasteiger partial charge in [-0.1, -0.05) is 12.1 Å². The molecule has 5 heteroatoms. The highest BCUT2D eigenvalue weighted by atomic mass is 79.9. The van der Waals surface area contributed by atoms with Crippen LogP contribution in [0, 0.1) is 0 Å². The minimum Gasteiger partial charge on any atom is -0.346 e. The van der Waals surface area contributed by atoms with E-state index in [0.29, 0.717) is 18.3 Å². The number of fused-ring (bicyclic) bond motifs is 1. The van der Waals surface area contributed by atoms with Crippen molar-refractivity contribution in [2.24, 2.45) is 0 Å². The fraction of sp³-hybridized carbons (Fsp3) is 0.375. The predicted molar refractivity (Wildman–Crippen MR) is 79.3 cm³/mol. The van der Waals surface area contributed by atoms with Gasteiger partial charge in [-0.3, -0.25) is 0 Å². The lowest BCUT2D eigenvalue weighted by Gasteiger charge is -2.16. The smallest absolute Gasteiger partial charge is 0.346 e. The Morgan fingerprint density at radius 2 is 2.00 bits per heavy atom. The Morgan fingerprint density at radius 3 is 2.76 bits per heavy atom. The summed E-state index contributed by atoms with van der Waals surface area (Å²) in [5, 5.41) is 0. The van der Waals surface area contributed by atoms with Crippen molar-refractivity contribution >= 4 is 15.9 Å². The average molecular weight is 359 g/mol. The molecular weight excluding hydrogens is 343 g/mol. The Labute approximate surface area is 131 Å². The van der Waals surface area contributed by atoms with Crippen LogP contribution in [0.1, 0.15) is 36.6 Å². The molecule has 0 spiro atoms. The van der Waals surface area contributed by atoms with Gasteiger partial charge in [0, 0.05) is 22.9 Å². The summed E-state index contributed by atoms with van der Waals surface area (Å²) in [5.74, 6) is 0. The lowest BCUT2D eigenvalue weighted by molar-refractivity contribution is -0.137. The summed E-state index contributed by atoms with van der Waals surface area (Å²) in [5.41, 5.74) is 2.15. The first kappa shape index (κ1) is 13.4. The van der Waals surface area contributed by atoms with E-state index >= 15 is 0 Å². The van der Waals surface area contributed by atoms with E-state index in [1.807, 2.05) is 4.57 Å². The summed E-state index contributed by atoms with van der Waals surface area (Å²) in [6.07, 6.45) is -0.0201. The van der Waals surface area contributed by atoms with E-state index in [4.69, 9.17) is 1.37 Å². The Hall–Kier alpha value is -1.23. The maximum absolute atomic E-state index is 12.8. The summed E-state index contributed by atoms with van der Waals surface area (Å²) < 4.78 is 49.3. The average Bonchev–Trinajstić information content (AvgIpc) is 2.72. The lowest BCUT2D eigenvalue weighted by atomic mass is 9.98. The third-order valence-corrected chi connectivity index (χ3v) is 4.51. The zero-order valence-corrected chi connectivity index (χ0v) is 12.9. The predicted octanol–water partition coefficient (Wildman–Crippen LogP) is 5.20. The van der Waals surface area contributed by atoms with Crippen molar-refractivity contribution in [3.05, 3.63) is 57.3 Å². The summed E-state index contributed by atoms with van der Waals surface area (Å²) >= 11 is 3.46. The van der Waals surface area contributed by atoms with Gasteiger partial charge in [-0.25, -0.2) is 0 Å². The van der Waals surface area contributed by atoms with Gasteiger partial charge in [0.25, 0.3) is 0 Å². The van der Waals surface area contributed by atoms with Crippen LogP contribution in [0.5, 0.6) is 0 Å². The van der Waals surface area contributed by atoms with E-state index in [1.165, 1.54) is 12.1 Å². The summed E-state index contributed by atoms with van der Waals surface area (Å²) in [6, 6.07) is 5.35. The summed E-state index contributed by atoms with van der Waals surface area (Å²) in [6.45, 7) is 0.302. The zero-order chi connectivity index (χ0) is 15.9. The number of hydrogen-bond acceptors (Lipinski definition) is 0. The van der Waals surface area contributed by atoms with Crippen LogP contribution >= 0.6 is 15.9 Å². The maximum atomic E-state index is 12.8. The molecule has 21 heavy (non-hydrogen) atoms. The molecule has 112 valence electrons. The van der Waals surface area contributed by atoms with Gasteiger partial charge in [0.2, 0.25) is 0 Å². The van der Waals surface area contributed by atoms with Crippen LogP contribution in [0.25, 0.3) is 0 Å². The molecule has 1 aliphatic carbocycles. The molecule has 1 aliphatic rings. The quantitative estimate of drug-likeness (QED) is 0.695. The first-order valence-corrected chi connectivity index (χ1v) is 7.69. The van der Waals surface area contributed by atoms with Gasteiger partial charge >= 0.3 is 6.18 Å². The number of aromatic nitrogens is 1. The second-order valence-corrected chi connectivity index (χ2v) is 6.14. The first-order valence-electron chi connectivity index (χ1n) is 7.40. The number of nitrogens with zero attached hydrogens (tertiary/aromatic N) is 1. The van der Waals surface area contributed by atoms with Crippen molar-refractivity contribution in [2.75, 3.05) is 0 Å². The standard InChI is InChI=1S/C16H15BrF3N/c17-14-10-21(15-7-2-1-6-13(14)15)9-11-4-3-5-12(8-11)16(18,19)20/h3-5,8,10H,1-2,6-7,9H2/i10D. The topological polar surface area (TPSA) is 4.93 Å². The Morgan fingerprint density at radius 1 is 1.24 bits per heavy atom. The van der Waals surface area contributed by atoms with Crippen LogP contribution in [0.15, 0.2) is 34.9 Å². The molecule has 1 aromatic heterocycles. The van der Waals surface area contributed by atoms with E-state index in [0.717, 1.165) is 47.5 Å². The Kier molecular flexibility index (Phi) is 3.53. The van der Waals surface area contributed by atoms with Crippen molar-refractivity contribution in [1.29, 1.82) is 0 Å². The van der Waals surface area contributed by atoms with Gasteiger partial charge in [-0.2, -0.15) is 13.2 Å². The van der Waals surface area contributed by atoms with E-state index in [2.05, 4.69) is 15.9 Å². The van der Waals surface area contributed by atoms with Crippen LogP contribution in [-0.2, 0) is 25.6 Å². The fourth-order valence-corrected chi connectivity index (χ4v) is 3.48. The molecule has 0 amide bonds. The molecule has 3 rings (SSSR count). The second kappa shape index (κ2) is 5.52. The molecular formula is C16H15BrF3N. The van der Waals surface area contributed by atoms with Gasteiger partial charge in [0.05, 0.1) is 6.93 Å². The number of hydrogen-bond donors (Lipinski definition) is 0. The maximum Gasteiger partial charge on any atom is 0.416 e. The highest BCUT2D eigenvalue weighted by Gasteiger charge is 2.30. The van der Waals surface area contributed by atoms with Gasteiger partial charge in [-0.05, 0) is 64.9 Å². The summed E-state index contributed by atoms with van der Waals surface area (Å²) in [7, 11) is 0. The normalized spacial score (nSPS) is 15.7. The van der Waals surface area contributed by atoms with Gasteiger partial charge in [-0.15, -0.1) is 0 Å². The molecule has 2 aromatic rings. The molecule has 1 heterocycles. The van der Waals surface area contributed by atoms with E-state index < -0.39 is 11.7 Å². The zero-order valence-electron chi connectivity index (χ0n) is 12.3. The molecule has 0 atom stereocenters. The van der Waals surface area contributed by atoms with Gasteiger partial charge < -0.3 is 4.57 Å². The van der Waals surface area contributed by atoms with Crippen molar-refractivity contribution in [3.8, 4) is 0 Å². The third kappa shape index (κ3) is 3.03. The van der Waals surface area contributed by atoms with Crippen LogP contribution in [-0.4, -0.2) is 4.57 Å². The Bertz CT molecular complexity index is 706. The van der Waals surface area contributed by atoms with Crippen LogP contribution in [0.2, 0.25) is 0 Å². The van der Waals surface area contributed by atoms with Crippen molar-refractivity contribution in [3.63, 3.8) is 0 Å². The highest BCUT2D eigenvalue weighted by molar-refractivity contribution is 9.10. The monoisotopic (exact) mass is 358 g/mol. The van der Waals surface area contributed by atoms with Crippen molar-refractivity contribution < 1.29 is 14.5 Å². The number of halogens is 4. The molecule has 0 saturated heterocycles. The fourth-order valence-electron chi connectivity index (χ4n) is 2.84. The molecule has 0 aliphatic heterocycles. The SMILES string of the molecule is [2H]c1c(Br)c2c(n1Cc1cccc(C(F)(F)F)c1)CCCC2. The molecule has 0 radical (unpaired) electrons. The molecule has 0 N–H and O–H groups in total. The third-order valence-electron chi connectivity index (χ3n) is 3.86. The Balaban J connectivity index is 1.97. The molecule has 1 nitrogen and oxygen atoms in total. The molecule has 0 saturated carbocycles. The van der Waals surface area contributed by atoms with Crippen molar-refractivity contribution in [2.45, 2.75) is 38.4 Å². The van der Waals surface area contributed by atoms with Gasteiger partial charge in [0.1, 0.15) is 0 Å². The van der Waals surface area contributed by atoms with Crippen LogP contribution < -0.4 is 0 Å². The van der Waals surface area contributed by atoms with Crippen molar-refractivity contribution in [1.82, 2.24) is 4.57 Å². The molecule has 0 bridgehead atoms. The van der Waals surface area contributed by atoms with Crippen LogP contribution in [0.3, 0.4) is 0 Å². The van der Waals surface area contributed by atoms with Crippen LogP contribution in [0.4, 0.5) is 13.2 Å². The summed E-state index contributed by atoms with van der Waals surface area (Å²) in [4.78, 5) is 0. The molecule has 0 unspecified atom stereocenters. The van der Waals surface area contributed by atoms with Gasteiger partial charge in [0.15, 0.2) is 0 Å².